The second kappa shape index (κ2) is 7.77. The molecule has 0 aliphatic rings. The predicted octanol–water partition coefficient (Wildman–Crippen LogP) is 2.74. The van der Waals surface area contributed by atoms with Crippen molar-refractivity contribution in [2.24, 2.45) is 5.73 Å². The zero-order chi connectivity index (χ0) is 11.0. The maximum atomic E-state index is 8.85. The smallest absolute Gasteiger partial charge is 0.102 e. The fraction of sp³-hybridized carbons (Fsp3) is 0.667. The highest BCUT2D eigenvalue weighted by molar-refractivity contribution is 5.02. The van der Waals surface area contributed by atoms with E-state index in [1.54, 1.807) is 0 Å². The van der Waals surface area contributed by atoms with Crippen molar-refractivity contribution in [3.63, 3.8) is 0 Å². The minimum Gasteiger partial charge on any atom is -0.379 e. The van der Waals surface area contributed by atoms with Gasteiger partial charge < -0.3 is 10.8 Å². The summed E-state index contributed by atoms with van der Waals surface area (Å²) in [6.07, 6.45) is 7.47. The van der Waals surface area contributed by atoms with E-state index in [1.807, 2.05) is 0 Å². The summed E-state index contributed by atoms with van der Waals surface area (Å²) in [6, 6.07) is 0. The summed E-state index contributed by atoms with van der Waals surface area (Å²) in [6.45, 7) is 6.36. The molecule has 82 valence electrons. The lowest BCUT2D eigenvalue weighted by molar-refractivity contribution is 0.173. The first-order valence-electron chi connectivity index (χ1n) is 5.25. The normalized spacial score (nSPS) is 13.9. The Hall–Kier alpha value is -0.600. The molecule has 0 aliphatic heterocycles. The van der Waals surface area contributed by atoms with E-state index >= 15 is 0 Å². The summed E-state index contributed by atoms with van der Waals surface area (Å²) >= 11 is 0. The van der Waals surface area contributed by atoms with Crippen LogP contribution in [0.1, 0.15) is 46.5 Å². The van der Waals surface area contributed by atoms with E-state index in [4.69, 9.17) is 10.8 Å². The molecule has 0 amide bonds. The Balaban J connectivity index is 3.62. The van der Waals surface area contributed by atoms with Crippen molar-refractivity contribution in [2.75, 3.05) is 0 Å². The van der Waals surface area contributed by atoms with Gasteiger partial charge in [0.1, 0.15) is 6.23 Å². The lowest BCUT2D eigenvalue weighted by Gasteiger charge is -2.02. The first kappa shape index (κ1) is 13.4. The summed E-state index contributed by atoms with van der Waals surface area (Å²) < 4.78 is 0. The van der Waals surface area contributed by atoms with Crippen LogP contribution >= 0.6 is 0 Å². The van der Waals surface area contributed by atoms with E-state index in [0.29, 0.717) is 6.42 Å². The molecule has 1 unspecified atom stereocenters. The van der Waals surface area contributed by atoms with Gasteiger partial charge in [0, 0.05) is 0 Å². The average Bonchev–Trinajstić information content (AvgIpc) is 2.02. The first-order valence-corrected chi connectivity index (χ1v) is 5.25. The molecule has 3 N–H and O–H groups in total. The monoisotopic (exact) mass is 197 g/mol. The molecule has 0 saturated heterocycles. The molecule has 2 nitrogen and oxygen atoms in total. The summed E-state index contributed by atoms with van der Waals surface area (Å²) in [5.74, 6) is 0. The standard InChI is InChI=1S/C12H23NO/c1-10(2)6-4-7-11(3)8-5-9-12(13)14/h6,8,12,14H,4-5,7,9,13H2,1-3H3/b11-8+. The van der Waals surface area contributed by atoms with Crippen LogP contribution in [0.5, 0.6) is 0 Å². The van der Waals surface area contributed by atoms with Crippen LogP contribution in [-0.4, -0.2) is 11.3 Å². The number of aliphatic hydroxyl groups excluding tert-OH is 1. The molecule has 2 heteroatoms. The van der Waals surface area contributed by atoms with E-state index in [-0.39, 0.29) is 0 Å². The van der Waals surface area contributed by atoms with Crippen molar-refractivity contribution >= 4 is 0 Å². The molecule has 0 saturated carbocycles. The van der Waals surface area contributed by atoms with Gasteiger partial charge in [-0.2, -0.15) is 0 Å². The van der Waals surface area contributed by atoms with Crippen LogP contribution < -0.4 is 5.73 Å². The third-order valence-electron chi connectivity index (χ3n) is 2.05. The van der Waals surface area contributed by atoms with Crippen LogP contribution in [0.2, 0.25) is 0 Å². The van der Waals surface area contributed by atoms with Crippen molar-refractivity contribution in [3.8, 4) is 0 Å². The molecule has 0 rings (SSSR count). The lowest BCUT2D eigenvalue weighted by atomic mass is 10.1. The quantitative estimate of drug-likeness (QED) is 0.508. The Morgan fingerprint density at radius 1 is 1.21 bits per heavy atom. The fourth-order valence-corrected chi connectivity index (χ4v) is 1.19. The van der Waals surface area contributed by atoms with Crippen molar-refractivity contribution in [1.82, 2.24) is 0 Å². The minimum absolute atomic E-state index is 0.653. The minimum atomic E-state index is -0.670. The lowest BCUT2D eigenvalue weighted by Crippen LogP contribution is -2.17. The van der Waals surface area contributed by atoms with Gasteiger partial charge >= 0.3 is 0 Å². The topological polar surface area (TPSA) is 46.2 Å². The van der Waals surface area contributed by atoms with Crippen LogP contribution in [0.25, 0.3) is 0 Å². The molecule has 0 radical (unpaired) electrons. The van der Waals surface area contributed by atoms with Gasteiger partial charge in [-0.15, -0.1) is 0 Å². The molecule has 0 aliphatic carbocycles. The van der Waals surface area contributed by atoms with E-state index < -0.39 is 6.23 Å². The van der Waals surface area contributed by atoms with E-state index in [0.717, 1.165) is 19.3 Å². The summed E-state index contributed by atoms with van der Waals surface area (Å²) in [5.41, 5.74) is 7.98. The summed E-state index contributed by atoms with van der Waals surface area (Å²) in [7, 11) is 0. The van der Waals surface area contributed by atoms with E-state index in [1.165, 1.54) is 11.1 Å². The predicted molar refractivity (Wildman–Crippen MR) is 61.9 cm³/mol. The van der Waals surface area contributed by atoms with Gasteiger partial charge in [0.2, 0.25) is 0 Å². The Kier molecular flexibility index (Phi) is 7.44. The molecule has 1 atom stereocenters. The van der Waals surface area contributed by atoms with Crippen molar-refractivity contribution < 1.29 is 5.11 Å². The number of rotatable bonds is 6. The number of hydrogen-bond acceptors (Lipinski definition) is 2. The molecule has 0 spiro atoms. The second-order valence-corrected chi connectivity index (χ2v) is 4.02. The Bertz CT molecular complexity index is 200. The van der Waals surface area contributed by atoms with Gasteiger partial charge in [-0.1, -0.05) is 23.3 Å². The Labute approximate surface area is 87.5 Å². The third kappa shape index (κ3) is 9.49. The number of allylic oxidation sites excluding steroid dienone is 4. The van der Waals surface area contributed by atoms with Gasteiger partial charge in [-0.05, 0) is 46.5 Å². The average molecular weight is 197 g/mol. The molecular formula is C12H23NO. The van der Waals surface area contributed by atoms with Gasteiger partial charge in [-0.3, -0.25) is 0 Å². The molecule has 0 bridgehead atoms. The maximum absolute atomic E-state index is 8.85. The molecule has 0 aromatic rings. The zero-order valence-electron chi connectivity index (χ0n) is 9.59. The van der Waals surface area contributed by atoms with Gasteiger partial charge in [-0.25, -0.2) is 0 Å². The van der Waals surface area contributed by atoms with Crippen LogP contribution in [0.3, 0.4) is 0 Å². The van der Waals surface area contributed by atoms with E-state index in [2.05, 4.69) is 32.9 Å². The largest absolute Gasteiger partial charge is 0.379 e. The Morgan fingerprint density at radius 3 is 2.36 bits per heavy atom. The fourth-order valence-electron chi connectivity index (χ4n) is 1.19. The highest BCUT2D eigenvalue weighted by Crippen LogP contribution is 2.08. The van der Waals surface area contributed by atoms with Gasteiger partial charge in [0.25, 0.3) is 0 Å². The molecular weight excluding hydrogens is 174 g/mol. The number of hydrogen-bond donors (Lipinski definition) is 2. The molecule has 0 heterocycles. The van der Waals surface area contributed by atoms with Crippen LogP contribution in [-0.2, 0) is 0 Å². The number of aliphatic hydroxyl groups is 1. The van der Waals surface area contributed by atoms with Crippen LogP contribution in [0.4, 0.5) is 0 Å². The molecule has 0 aromatic heterocycles. The zero-order valence-corrected chi connectivity index (χ0v) is 9.59. The van der Waals surface area contributed by atoms with Crippen LogP contribution in [0.15, 0.2) is 23.3 Å². The highest BCUT2D eigenvalue weighted by Gasteiger charge is 1.93. The van der Waals surface area contributed by atoms with E-state index in [9.17, 15) is 0 Å². The molecule has 14 heavy (non-hydrogen) atoms. The van der Waals surface area contributed by atoms with Crippen molar-refractivity contribution in [3.05, 3.63) is 23.3 Å². The Morgan fingerprint density at radius 2 is 1.86 bits per heavy atom. The van der Waals surface area contributed by atoms with Crippen molar-refractivity contribution in [1.29, 1.82) is 0 Å². The third-order valence-corrected chi connectivity index (χ3v) is 2.05. The molecule has 0 aromatic carbocycles. The molecule has 0 fully saturated rings. The first-order chi connectivity index (χ1) is 6.52. The maximum Gasteiger partial charge on any atom is 0.102 e. The van der Waals surface area contributed by atoms with Crippen molar-refractivity contribution in [2.45, 2.75) is 52.7 Å². The SMILES string of the molecule is CC(C)=CCC/C(C)=C/CCC(N)O. The van der Waals surface area contributed by atoms with Gasteiger partial charge in [0.15, 0.2) is 0 Å². The second-order valence-electron chi connectivity index (χ2n) is 4.02. The number of nitrogens with two attached hydrogens (primary N) is 1. The highest BCUT2D eigenvalue weighted by atomic mass is 16.3. The summed E-state index contributed by atoms with van der Waals surface area (Å²) in [4.78, 5) is 0. The van der Waals surface area contributed by atoms with Gasteiger partial charge in [0.05, 0.1) is 0 Å². The van der Waals surface area contributed by atoms with Crippen LogP contribution in [0, 0.1) is 0 Å². The summed E-state index contributed by atoms with van der Waals surface area (Å²) in [5, 5.41) is 8.85.